The Hall–Kier alpha value is -4.12. The lowest BCUT2D eigenvalue weighted by Gasteiger charge is -2.34. The highest BCUT2D eigenvalue weighted by molar-refractivity contribution is 6.30. The van der Waals surface area contributed by atoms with Crippen molar-refractivity contribution in [1.29, 1.82) is 0 Å². The number of benzene rings is 1. The van der Waals surface area contributed by atoms with E-state index in [2.05, 4.69) is 20.4 Å². The van der Waals surface area contributed by atoms with Crippen LogP contribution in [0.15, 0.2) is 46.3 Å². The third kappa shape index (κ3) is 5.42. The fourth-order valence-electron chi connectivity index (χ4n) is 4.44. The summed E-state index contributed by atoms with van der Waals surface area (Å²) in [4.78, 5) is 40.8. The molecule has 0 bridgehead atoms. The van der Waals surface area contributed by atoms with Crippen molar-refractivity contribution >= 4 is 40.7 Å². The normalized spacial score (nSPS) is 15.9. The summed E-state index contributed by atoms with van der Waals surface area (Å²) < 4.78 is 1.63. The van der Waals surface area contributed by atoms with Crippen molar-refractivity contribution in [1.82, 2.24) is 29.5 Å². The molecule has 0 atom stereocenters. The van der Waals surface area contributed by atoms with Crippen LogP contribution < -0.4 is 21.7 Å². The number of carbonyl (C=O) groups excluding carboxylic acids is 1. The van der Waals surface area contributed by atoms with Crippen molar-refractivity contribution in [3.63, 3.8) is 0 Å². The van der Waals surface area contributed by atoms with Gasteiger partial charge in [0.05, 0.1) is 12.2 Å². The molecule has 5 rings (SSSR count). The molecule has 4 aromatic rings. The van der Waals surface area contributed by atoms with Crippen molar-refractivity contribution in [3.05, 3.63) is 68.4 Å². The van der Waals surface area contributed by atoms with Crippen LogP contribution >= 0.6 is 11.6 Å². The van der Waals surface area contributed by atoms with Gasteiger partial charge in [0.2, 0.25) is 11.8 Å². The minimum Gasteiger partial charge on any atom is -0.493 e. The average Bonchev–Trinajstić information content (AvgIpc) is 3.40. The van der Waals surface area contributed by atoms with Crippen LogP contribution in [0.1, 0.15) is 39.3 Å². The van der Waals surface area contributed by atoms with E-state index in [0.29, 0.717) is 40.3 Å². The SMILES string of the molecule is CC(C)(C)C(=O)N1CCC(N=c2cc(Nc3cccc(Cl)c3)nc3/c(=C/c4[nH]c(=O)[nH]c4O)cnn23)CC1. The van der Waals surface area contributed by atoms with Gasteiger partial charge < -0.3 is 20.3 Å². The smallest absolute Gasteiger partial charge is 0.326 e. The average molecular weight is 537 g/mol. The number of likely N-dealkylation sites (tertiary alicyclic amines) is 1. The molecule has 1 aliphatic rings. The molecule has 0 radical (unpaired) electrons. The van der Waals surface area contributed by atoms with E-state index in [0.717, 1.165) is 18.5 Å². The molecule has 38 heavy (non-hydrogen) atoms. The first kappa shape index (κ1) is 25.5. The number of piperidine rings is 1. The summed E-state index contributed by atoms with van der Waals surface area (Å²) in [6, 6.07) is 9.11. The molecule has 1 amide bonds. The third-order valence-corrected chi connectivity index (χ3v) is 6.56. The van der Waals surface area contributed by atoms with E-state index in [1.807, 2.05) is 43.9 Å². The number of anilines is 2. The number of hydrogen-bond donors (Lipinski definition) is 4. The van der Waals surface area contributed by atoms with Gasteiger partial charge in [0.15, 0.2) is 11.1 Å². The third-order valence-electron chi connectivity index (χ3n) is 6.32. The molecule has 1 aliphatic heterocycles. The molecule has 12 heteroatoms. The summed E-state index contributed by atoms with van der Waals surface area (Å²) in [6.45, 7) is 7.09. The first-order chi connectivity index (χ1) is 18.1. The van der Waals surface area contributed by atoms with Crippen LogP contribution in [0.5, 0.6) is 5.88 Å². The first-order valence-electron chi connectivity index (χ1n) is 12.3. The zero-order chi connectivity index (χ0) is 27.0. The summed E-state index contributed by atoms with van der Waals surface area (Å²) >= 11 is 6.16. The number of rotatable bonds is 4. The van der Waals surface area contributed by atoms with E-state index in [1.54, 1.807) is 28.9 Å². The van der Waals surface area contributed by atoms with Gasteiger partial charge in [-0.25, -0.2) is 9.78 Å². The molecule has 0 aliphatic carbocycles. The number of halogens is 1. The minimum atomic E-state index is -0.520. The largest absolute Gasteiger partial charge is 0.493 e. The topological polar surface area (TPSA) is 144 Å². The maximum Gasteiger partial charge on any atom is 0.326 e. The Morgan fingerprint density at radius 2 is 2.00 bits per heavy atom. The molecule has 1 aromatic carbocycles. The molecule has 1 saturated heterocycles. The van der Waals surface area contributed by atoms with Gasteiger partial charge >= 0.3 is 5.69 Å². The Morgan fingerprint density at radius 3 is 2.66 bits per heavy atom. The van der Waals surface area contributed by atoms with Gasteiger partial charge in [-0.05, 0) is 37.1 Å². The highest BCUT2D eigenvalue weighted by atomic mass is 35.5. The van der Waals surface area contributed by atoms with E-state index in [1.165, 1.54) is 0 Å². The number of hydrogen-bond acceptors (Lipinski definition) is 7. The number of nitrogens with zero attached hydrogens (tertiary/aromatic N) is 5. The number of H-pyrrole nitrogens is 2. The summed E-state index contributed by atoms with van der Waals surface area (Å²) in [5, 5.41) is 18.9. The lowest BCUT2D eigenvalue weighted by molar-refractivity contribution is -0.140. The van der Waals surface area contributed by atoms with Crippen LogP contribution in [-0.4, -0.2) is 59.6 Å². The minimum absolute atomic E-state index is 0.00495. The monoisotopic (exact) mass is 536 g/mol. The van der Waals surface area contributed by atoms with E-state index in [4.69, 9.17) is 21.6 Å². The zero-order valence-corrected chi connectivity index (χ0v) is 22.1. The Labute approximate surface area is 222 Å². The highest BCUT2D eigenvalue weighted by Crippen LogP contribution is 2.22. The Balaban J connectivity index is 1.55. The Morgan fingerprint density at radius 1 is 1.24 bits per heavy atom. The van der Waals surface area contributed by atoms with Crippen molar-refractivity contribution in [2.24, 2.45) is 10.4 Å². The maximum atomic E-state index is 12.7. The predicted molar refractivity (Wildman–Crippen MR) is 144 cm³/mol. The molecule has 3 aromatic heterocycles. The zero-order valence-electron chi connectivity index (χ0n) is 21.3. The molecule has 4 N–H and O–H groups in total. The lowest BCUT2D eigenvalue weighted by atomic mass is 9.93. The Kier molecular flexibility index (Phi) is 6.70. The summed E-state index contributed by atoms with van der Waals surface area (Å²) in [7, 11) is 0. The van der Waals surface area contributed by atoms with Gasteiger partial charge in [-0.1, -0.05) is 38.4 Å². The number of nitrogens with one attached hydrogen (secondary N) is 3. The maximum absolute atomic E-state index is 12.7. The van der Waals surface area contributed by atoms with Crippen LogP contribution in [0.2, 0.25) is 5.02 Å². The second-order valence-corrected chi connectivity index (χ2v) is 10.8. The van der Waals surface area contributed by atoms with E-state index in [-0.39, 0.29) is 23.5 Å². The summed E-state index contributed by atoms with van der Waals surface area (Å²) in [5.41, 5.74) is 1.11. The molecule has 198 valence electrons. The van der Waals surface area contributed by atoms with Crippen molar-refractivity contribution in [2.45, 2.75) is 39.7 Å². The highest BCUT2D eigenvalue weighted by Gasteiger charge is 2.30. The van der Waals surface area contributed by atoms with E-state index in [9.17, 15) is 14.7 Å². The van der Waals surface area contributed by atoms with Crippen LogP contribution in [0.25, 0.3) is 11.7 Å². The van der Waals surface area contributed by atoms with Gasteiger partial charge in [-0.3, -0.25) is 14.8 Å². The van der Waals surface area contributed by atoms with E-state index >= 15 is 0 Å². The van der Waals surface area contributed by atoms with Gasteiger partial charge in [0.1, 0.15) is 11.5 Å². The van der Waals surface area contributed by atoms with Gasteiger partial charge in [-0.15, -0.1) is 0 Å². The number of fused-ring (bicyclic) bond motifs is 1. The van der Waals surface area contributed by atoms with Crippen molar-refractivity contribution in [2.75, 3.05) is 18.4 Å². The fraction of sp³-hybridized carbons (Fsp3) is 0.346. The molecule has 0 spiro atoms. The molecule has 0 unspecified atom stereocenters. The van der Waals surface area contributed by atoms with Crippen LogP contribution in [0.3, 0.4) is 0 Å². The molecule has 11 nitrogen and oxygen atoms in total. The molecular weight excluding hydrogens is 508 g/mol. The number of amides is 1. The predicted octanol–water partition coefficient (Wildman–Crippen LogP) is 2.33. The number of aromatic amines is 2. The quantitative estimate of drug-likeness (QED) is 0.315. The summed E-state index contributed by atoms with van der Waals surface area (Å²) in [5.74, 6) is 0.401. The van der Waals surface area contributed by atoms with Gasteiger partial charge in [-0.2, -0.15) is 9.61 Å². The van der Waals surface area contributed by atoms with Gasteiger partial charge in [0, 0.05) is 40.5 Å². The molecule has 1 fully saturated rings. The van der Waals surface area contributed by atoms with Crippen LogP contribution in [0.4, 0.5) is 11.5 Å². The molecular formula is C26H29ClN8O3. The standard InChI is InChI=1S/C26H29ClN8O3/c1-26(2,3)24(37)34-9-7-17(8-10-34)30-21-13-20(29-18-6-4-5-16(27)12-18)32-22-15(14-28-35(21)22)11-19-23(36)33-25(38)31-19/h4-6,11-14,17,29,36H,7-10H2,1-3H3,(H2,31,33,38)/b15-11+,30-21?. The molecule has 0 saturated carbocycles. The number of carbonyl (C=O) groups is 1. The molecule has 4 heterocycles. The number of aromatic nitrogens is 5. The van der Waals surface area contributed by atoms with Crippen LogP contribution in [0, 0.1) is 5.41 Å². The van der Waals surface area contributed by atoms with E-state index < -0.39 is 11.1 Å². The fourth-order valence-corrected chi connectivity index (χ4v) is 4.63. The second kappa shape index (κ2) is 9.97. The first-order valence-corrected chi connectivity index (χ1v) is 12.7. The van der Waals surface area contributed by atoms with Crippen molar-refractivity contribution < 1.29 is 9.90 Å². The number of aromatic hydroxyl groups is 1. The lowest BCUT2D eigenvalue weighted by Crippen LogP contribution is -2.45. The number of imidazole rings is 1. The Bertz CT molecular complexity index is 1670. The van der Waals surface area contributed by atoms with Crippen LogP contribution in [-0.2, 0) is 4.79 Å². The van der Waals surface area contributed by atoms with Crippen molar-refractivity contribution in [3.8, 4) is 5.88 Å². The van der Waals surface area contributed by atoms with Gasteiger partial charge in [0.25, 0.3) is 0 Å². The summed E-state index contributed by atoms with van der Waals surface area (Å²) in [6.07, 6.45) is 4.66. The second-order valence-electron chi connectivity index (χ2n) is 10.4.